The first-order valence-electron chi connectivity index (χ1n) is 7.41. The largest absolute Gasteiger partial charge is 0.494 e. The fourth-order valence-corrected chi connectivity index (χ4v) is 2.78. The predicted octanol–water partition coefficient (Wildman–Crippen LogP) is 2.14. The van der Waals surface area contributed by atoms with Crippen molar-refractivity contribution >= 4 is 10.0 Å². The summed E-state index contributed by atoms with van der Waals surface area (Å²) in [5.41, 5.74) is 0. The molecule has 1 aromatic rings. The highest BCUT2D eigenvalue weighted by Crippen LogP contribution is 2.15. The van der Waals surface area contributed by atoms with Crippen molar-refractivity contribution in [3.63, 3.8) is 0 Å². The summed E-state index contributed by atoms with van der Waals surface area (Å²) in [6.45, 7) is 8.00. The van der Waals surface area contributed by atoms with Crippen LogP contribution in [0.5, 0.6) is 5.75 Å². The lowest BCUT2D eigenvalue weighted by atomic mass is 10.3. The van der Waals surface area contributed by atoms with Gasteiger partial charge in [0.25, 0.3) is 0 Å². The SMILES string of the molecule is CCCOc1ccc(S(=O)(=O)NCCCNC(C)C)cc1. The maximum atomic E-state index is 12.1. The first-order valence-corrected chi connectivity index (χ1v) is 8.90. The molecule has 120 valence electrons. The van der Waals surface area contributed by atoms with E-state index in [0.29, 0.717) is 24.9 Å². The summed E-state index contributed by atoms with van der Waals surface area (Å²) in [5.74, 6) is 0.692. The summed E-state index contributed by atoms with van der Waals surface area (Å²) in [7, 11) is -3.43. The molecule has 21 heavy (non-hydrogen) atoms. The Hall–Kier alpha value is -1.11. The minimum Gasteiger partial charge on any atom is -0.494 e. The highest BCUT2D eigenvalue weighted by atomic mass is 32.2. The molecule has 0 atom stereocenters. The highest BCUT2D eigenvalue weighted by molar-refractivity contribution is 7.89. The van der Waals surface area contributed by atoms with Crippen molar-refractivity contribution in [2.75, 3.05) is 19.7 Å². The number of rotatable bonds is 10. The summed E-state index contributed by atoms with van der Waals surface area (Å²) in [6.07, 6.45) is 1.68. The standard InChI is InChI=1S/C15H26N2O3S/c1-4-12-20-14-6-8-15(9-7-14)21(18,19)17-11-5-10-16-13(2)3/h6-9,13,16-17H,4-5,10-12H2,1-3H3. The lowest BCUT2D eigenvalue weighted by molar-refractivity contribution is 0.317. The van der Waals surface area contributed by atoms with Crippen LogP contribution in [0.4, 0.5) is 0 Å². The zero-order valence-corrected chi connectivity index (χ0v) is 13.9. The molecule has 0 heterocycles. The van der Waals surface area contributed by atoms with E-state index in [9.17, 15) is 8.42 Å². The van der Waals surface area contributed by atoms with Gasteiger partial charge in [0.2, 0.25) is 10.0 Å². The van der Waals surface area contributed by atoms with Crippen LogP contribution in [0.3, 0.4) is 0 Å². The smallest absolute Gasteiger partial charge is 0.240 e. The second-order valence-electron chi connectivity index (χ2n) is 5.18. The minimum atomic E-state index is -3.43. The Balaban J connectivity index is 2.46. The van der Waals surface area contributed by atoms with Crippen LogP contribution in [0.25, 0.3) is 0 Å². The van der Waals surface area contributed by atoms with Crippen LogP contribution in [-0.2, 0) is 10.0 Å². The molecule has 0 aromatic heterocycles. The molecule has 0 unspecified atom stereocenters. The predicted molar refractivity (Wildman–Crippen MR) is 85.2 cm³/mol. The summed E-state index contributed by atoms with van der Waals surface area (Å²) in [6, 6.07) is 6.92. The van der Waals surface area contributed by atoms with Gasteiger partial charge >= 0.3 is 0 Å². The number of sulfonamides is 1. The van der Waals surface area contributed by atoms with Gasteiger partial charge in [-0.05, 0) is 43.7 Å². The van der Waals surface area contributed by atoms with Gasteiger partial charge in [0.1, 0.15) is 5.75 Å². The van der Waals surface area contributed by atoms with Crippen LogP contribution in [0.15, 0.2) is 29.2 Å². The number of ether oxygens (including phenoxy) is 1. The Morgan fingerprint density at radius 3 is 2.38 bits per heavy atom. The molecule has 0 aliphatic heterocycles. The van der Waals surface area contributed by atoms with Gasteiger partial charge in [-0.3, -0.25) is 0 Å². The minimum absolute atomic E-state index is 0.267. The monoisotopic (exact) mass is 314 g/mol. The van der Waals surface area contributed by atoms with E-state index < -0.39 is 10.0 Å². The number of hydrogen-bond acceptors (Lipinski definition) is 4. The maximum Gasteiger partial charge on any atom is 0.240 e. The normalized spacial score (nSPS) is 11.8. The van der Waals surface area contributed by atoms with E-state index in [1.165, 1.54) is 0 Å². The molecule has 0 amide bonds. The Kier molecular flexibility index (Phi) is 7.71. The van der Waals surface area contributed by atoms with Gasteiger partial charge in [-0.25, -0.2) is 13.1 Å². The molecule has 0 fully saturated rings. The van der Waals surface area contributed by atoms with Crippen molar-refractivity contribution in [3.8, 4) is 5.75 Å². The lowest BCUT2D eigenvalue weighted by Gasteiger charge is -2.10. The Labute approximate surface area is 128 Å². The molecule has 1 aromatic carbocycles. The summed E-state index contributed by atoms with van der Waals surface area (Å²) in [4.78, 5) is 0.267. The number of benzene rings is 1. The molecule has 0 spiro atoms. The van der Waals surface area contributed by atoms with Crippen molar-refractivity contribution in [2.24, 2.45) is 0 Å². The molecule has 5 nitrogen and oxygen atoms in total. The second kappa shape index (κ2) is 9.02. The first kappa shape index (κ1) is 17.9. The third-order valence-electron chi connectivity index (χ3n) is 2.81. The fourth-order valence-electron chi connectivity index (χ4n) is 1.70. The van der Waals surface area contributed by atoms with E-state index in [4.69, 9.17) is 4.74 Å². The van der Waals surface area contributed by atoms with Crippen molar-refractivity contribution in [1.82, 2.24) is 10.0 Å². The average Bonchev–Trinajstić information content (AvgIpc) is 2.44. The van der Waals surface area contributed by atoms with Gasteiger partial charge < -0.3 is 10.1 Å². The van der Waals surface area contributed by atoms with Gasteiger partial charge in [0.05, 0.1) is 11.5 Å². The lowest BCUT2D eigenvalue weighted by Crippen LogP contribution is -2.29. The molecule has 6 heteroatoms. The molecule has 0 aliphatic carbocycles. The molecule has 1 rings (SSSR count). The molecule has 0 saturated carbocycles. The van der Waals surface area contributed by atoms with Crippen molar-refractivity contribution < 1.29 is 13.2 Å². The van der Waals surface area contributed by atoms with Crippen LogP contribution >= 0.6 is 0 Å². The Morgan fingerprint density at radius 2 is 1.81 bits per heavy atom. The van der Waals surface area contributed by atoms with Gasteiger partial charge in [-0.15, -0.1) is 0 Å². The zero-order chi connectivity index (χ0) is 15.7. The Morgan fingerprint density at radius 1 is 1.14 bits per heavy atom. The summed E-state index contributed by atoms with van der Waals surface area (Å²) >= 11 is 0. The fraction of sp³-hybridized carbons (Fsp3) is 0.600. The van der Waals surface area contributed by atoms with Crippen molar-refractivity contribution in [2.45, 2.75) is 44.6 Å². The van der Waals surface area contributed by atoms with Gasteiger partial charge in [0, 0.05) is 12.6 Å². The first-order chi connectivity index (χ1) is 9.95. The third-order valence-corrected chi connectivity index (χ3v) is 4.28. The quantitative estimate of drug-likeness (QED) is 0.649. The highest BCUT2D eigenvalue weighted by Gasteiger charge is 2.13. The number of nitrogens with one attached hydrogen (secondary N) is 2. The third kappa shape index (κ3) is 6.93. The van der Waals surface area contributed by atoms with Crippen LogP contribution in [-0.4, -0.2) is 34.2 Å². The van der Waals surface area contributed by atoms with Crippen LogP contribution in [0.2, 0.25) is 0 Å². The van der Waals surface area contributed by atoms with E-state index in [-0.39, 0.29) is 4.90 Å². The average molecular weight is 314 g/mol. The van der Waals surface area contributed by atoms with Gasteiger partial charge in [-0.1, -0.05) is 20.8 Å². The van der Waals surface area contributed by atoms with Crippen LogP contribution in [0, 0.1) is 0 Å². The molecule has 0 bridgehead atoms. The summed E-state index contributed by atoms with van der Waals surface area (Å²) < 4.78 is 32.2. The van der Waals surface area contributed by atoms with E-state index in [2.05, 4.69) is 23.9 Å². The second-order valence-corrected chi connectivity index (χ2v) is 6.95. The topological polar surface area (TPSA) is 67.4 Å². The molecular formula is C15H26N2O3S. The van der Waals surface area contributed by atoms with E-state index in [1.807, 2.05) is 6.92 Å². The molecular weight excluding hydrogens is 288 g/mol. The molecule has 0 radical (unpaired) electrons. The van der Waals surface area contributed by atoms with Gasteiger partial charge in [-0.2, -0.15) is 0 Å². The van der Waals surface area contributed by atoms with Crippen LogP contribution in [0.1, 0.15) is 33.6 Å². The Bertz CT molecular complexity index is 498. The summed E-state index contributed by atoms with van der Waals surface area (Å²) in [5, 5.41) is 3.25. The molecule has 2 N–H and O–H groups in total. The zero-order valence-electron chi connectivity index (χ0n) is 13.1. The van der Waals surface area contributed by atoms with E-state index in [0.717, 1.165) is 19.4 Å². The van der Waals surface area contributed by atoms with Crippen LogP contribution < -0.4 is 14.8 Å². The van der Waals surface area contributed by atoms with E-state index in [1.54, 1.807) is 24.3 Å². The van der Waals surface area contributed by atoms with Crippen molar-refractivity contribution in [3.05, 3.63) is 24.3 Å². The molecule has 0 aliphatic rings. The van der Waals surface area contributed by atoms with Gasteiger partial charge in [0.15, 0.2) is 0 Å². The molecule has 0 saturated heterocycles. The number of hydrogen-bond donors (Lipinski definition) is 2. The van der Waals surface area contributed by atoms with E-state index >= 15 is 0 Å². The van der Waals surface area contributed by atoms with Crippen molar-refractivity contribution in [1.29, 1.82) is 0 Å². The maximum absolute atomic E-state index is 12.1.